The minimum Gasteiger partial charge on any atom is -0.391 e. The zero-order valence-electron chi connectivity index (χ0n) is 12.9. The van der Waals surface area contributed by atoms with Crippen LogP contribution in [0.25, 0.3) is 0 Å². The number of hydrogen-bond donors (Lipinski definition) is 1. The zero-order valence-corrected chi connectivity index (χ0v) is 12.9. The topological polar surface area (TPSA) is 60.9 Å². The molecule has 1 fully saturated rings. The predicted molar refractivity (Wildman–Crippen MR) is 82.7 cm³/mol. The summed E-state index contributed by atoms with van der Waals surface area (Å²) in [7, 11) is 1.96. The van der Waals surface area contributed by atoms with Crippen LogP contribution in [0.15, 0.2) is 24.3 Å². The number of carbonyl (C=O) groups excluding carboxylic acids is 2. The van der Waals surface area contributed by atoms with Crippen LogP contribution < -0.4 is 0 Å². The van der Waals surface area contributed by atoms with Crippen LogP contribution in [0.3, 0.4) is 0 Å². The molecule has 1 N–H and O–H groups in total. The number of aliphatic hydroxyl groups is 1. The molecule has 2 unspecified atom stereocenters. The van der Waals surface area contributed by atoms with E-state index in [-0.39, 0.29) is 24.0 Å². The first-order valence-electron chi connectivity index (χ1n) is 7.93. The molecule has 3 rings (SSSR count). The third-order valence-corrected chi connectivity index (χ3v) is 4.81. The summed E-state index contributed by atoms with van der Waals surface area (Å²) in [5, 5.41) is 10.1. The summed E-state index contributed by atoms with van der Waals surface area (Å²) < 4.78 is 0. The second kappa shape index (κ2) is 6.18. The molecule has 2 atom stereocenters. The van der Waals surface area contributed by atoms with E-state index >= 15 is 0 Å². The molecule has 22 heavy (non-hydrogen) atoms. The lowest BCUT2D eigenvalue weighted by Gasteiger charge is -2.35. The summed E-state index contributed by atoms with van der Waals surface area (Å²) in [4.78, 5) is 28.0. The number of likely N-dealkylation sites (N-methyl/N-ethyl adjacent to an activating group) is 1. The average molecular weight is 302 g/mol. The van der Waals surface area contributed by atoms with Gasteiger partial charge in [0.05, 0.1) is 17.2 Å². The highest BCUT2D eigenvalue weighted by molar-refractivity contribution is 6.21. The van der Waals surface area contributed by atoms with Gasteiger partial charge in [-0.15, -0.1) is 0 Å². The Hall–Kier alpha value is -1.72. The van der Waals surface area contributed by atoms with Gasteiger partial charge in [0.2, 0.25) is 0 Å². The Bertz CT molecular complexity index is 552. The minimum atomic E-state index is -0.305. The number of amides is 2. The number of imide groups is 1. The smallest absolute Gasteiger partial charge is 0.261 e. The van der Waals surface area contributed by atoms with Gasteiger partial charge in [0.25, 0.3) is 11.8 Å². The molecule has 1 saturated carbocycles. The maximum Gasteiger partial charge on any atom is 0.261 e. The molecule has 0 bridgehead atoms. The third-order valence-electron chi connectivity index (χ3n) is 4.81. The molecule has 1 heterocycles. The quantitative estimate of drug-likeness (QED) is 0.857. The maximum absolute atomic E-state index is 12.3. The number of benzene rings is 1. The Morgan fingerprint density at radius 3 is 2.32 bits per heavy atom. The SMILES string of the molecule is CN(CCN1C(=O)c2ccccc2C1=O)C1CCCCC1O. The van der Waals surface area contributed by atoms with Crippen molar-refractivity contribution in [1.29, 1.82) is 0 Å². The van der Waals surface area contributed by atoms with Crippen molar-refractivity contribution in [2.45, 2.75) is 37.8 Å². The molecule has 1 aromatic carbocycles. The maximum atomic E-state index is 12.3. The van der Waals surface area contributed by atoms with Crippen LogP contribution in [0.2, 0.25) is 0 Å². The summed E-state index contributed by atoms with van der Waals surface area (Å²) in [5.41, 5.74) is 0.987. The van der Waals surface area contributed by atoms with Gasteiger partial charge in [0.1, 0.15) is 0 Å². The highest BCUT2D eigenvalue weighted by Crippen LogP contribution is 2.24. The van der Waals surface area contributed by atoms with Gasteiger partial charge < -0.3 is 5.11 Å². The van der Waals surface area contributed by atoms with Crippen molar-refractivity contribution < 1.29 is 14.7 Å². The zero-order chi connectivity index (χ0) is 15.7. The number of nitrogens with zero attached hydrogens (tertiary/aromatic N) is 2. The molecule has 0 aromatic heterocycles. The molecule has 2 amide bonds. The van der Waals surface area contributed by atoms with Crippen LogP contribution >= 0.6 is 0 Å². The van der Waals surface area contributed by atoms with Crippen molar-refractivity contribution >= 4 is 11.8 Å². The molecule has 1 aliphatic carbocycles. The largest absolute Gasteiger partial charge is 0.391 e. The van der Waals surface area contributed by atoms with Crippen LogP contribution in [-0.4, -0.2) is 59.0 Å². The fourth-order valence-corrected chi connectivity index (χ4v) is 3.47. The monoisotopic (exact) mass is 302 g/mol. The number of hydrogen-bond acceptors (Lipinski definition) is 4. The molecule has 118 valence electrons. The lowest BCUT2D eigenvalue weighted by Crippen LogP contribution is -2.46. The van der Waals surface area contributed by atoms with E-state index in [1.54, 1.807) is 24.3 Å². The van der Waals surface area contributed by atoms with Crippen molar-refractivity contribution in [1.82, 2.24) is 9.80 Å². The van der Waals surface area contributed by atoms with E-state index in [0.29, 0.717) is 24.2 Å². The van der Waals surface area contributed by atoms with Crippen LogP contribution in [0.5, 0.6) is 0 Å². The number of carbonyl (C=O) groups is 2. The van der Waals surface area contributed by atoms with E-state index in [2.05, 4.69) is 4.90 Å². The highest BCUT2D eigenvalue weighted by Gasteiger charge is 2.35. The fourth-order valence-electron chi connectivity index (χ4n) is 3.47. The Labute approximate surface area is 130 Å². The van der Waals surface area contributed by atoms with E-state index in [9.17, 15) is 14.7 Å². The summed E-state index contributed by atoms with van der Waals surface area (Å²) in [6.45, 7) is 0.958. The molecule has 0 spiro atoms. The summed E-state index contributed by atoms with van der Waals surface area (Å²) in [6.07, 6.45) is 3.70. The van der Waals surface area contributed by atoms with E-state index in [1.807, 2.05) is 7.05 Å². The van der Waals surface area contributed by atoms with Crippen molar-refractivity contribution in [3.8, 4) is 0 Å². The van der Waals surface area contributed by atoms with E-state index in [1.165, 1.54) is 4.90 Å². The van der Waals surface area contributed by atoms with Gasteiger partial charge in [-0.25, -0.2) is 0 Å². The van der Waals surface area contributed by atoms with Crippen molar-refractivity contribution in [3.63, 3.8) is 0 Å². The van der Waals surface area contributed by atoms with Crippen LogP contribution in [-0.2, 0) is 0 Å². The number of rotatable bonds is 4. The lowest BCUT2D eigenvalue weighted by molar-refractivity contribution is 0.0280. The van der Waals surface area contributed by atoms with Crippen molar-refractivity contribution in [3.05, 3.63) is 35.4 Å². The Morgan fingerprint density at radius 1 is 1.14 bits per heavy atom. The molecule has 0 saturated heterocycles. The van der Waals surface area contributed by atoms with Gasteiger partial charge in [0.15, 0.2) is 0 Å². The summed E-state index contributed by atoms with van der Waals surface area (Å²) >= 11 is 0. The Morgan fingerprint density at radius 2 is 1.73 bits per heavy atom. The van der Waals surface area contributed by atoms with Gasteiger partial charge in [-0.2, -0.15) is 0 Å². The normalized spacial score (nSPS) is 25.0. The number of fused-ring (bicyclic) bond motifs is 1. The van der Waals surface area contributed by atoms with E-state index in [4.69, 9.17) is 0 Å². The van der Waals surface area contributed by atoms with Gasteiger partial charge in [0, 0.05) is 19.1 Å². The van der Waals surface area contributed by atoms with Crippen molar-refractivity contribution in [2.24, 2.45) is 0 Å². The first-order chi connectivity index (χ1) is 10.6. The van der Waals surface area contributed by atoms with E-state index in [0.717, 1.165) is 25.7 Å². The molecule has 5 heteroatoms. The first kappa shape index (κ1) is 15.2. The predicted octanol–water partition coefficient (Wildman–Crippen LogP) is 1.52. The second-order valence-corrected chi connectivity index (χ2v) is 6.21. The molecule has 5 nitrogen and oxygen atoms in total. The van der Waals surface area contributed by atoms with Gasteiger partial charge >= 0.3 is 0 Å². The number of aliphatic hydroxyl groups excluding tert-OH is 1. The van der Waals surface area contributed by atoms with Crippen LogP contribution in [0, 0.1) is 0 Å². The first-order valence-corrected chi connectivity index (χ1v) is 7.93. The summed E-state index contributed by atoms with van der Waals surface area (Å²) in [5.74, 6) is -0.420. The highest BCUT2D eigenvalue weighted by atomic mass is 16.3. The van der Waals surface area contributed by atoms with Crippen molar-refractivity contribution in [2.75, 3.05) is 20.1 Å². The van der Waals surface area contributed by atoms with Crippen LogP contribution in [0.4, 0.5) is 0 Å². The average Bonchev–Trinajstić information content (AvgIpc) is 2.77. The van der Waals surface area contributed by atoms with E-state index < -0.39 is 0 Å². The molecular formula is C17H22N2O3. The molecule has 1 aromatic rings. The summed E-state index contributed by atoms with van der Waals surface area (Å²) in [6, 6.07) is 7.08. The molecular weight excluding hydrogens is 280 g/mol. The Balaban J connectivity index is 1.63. The molecule has 1 aliphatic heterocycles. The third kappa shape index (κ3) is 2.66. The van der Waals surface area contributed by atoms with Crippen LogP contribution in [0.1, 0.15) is 46.4 Å². The standard InChI is InChI=1S/C17H22N2O3/c1-18(14-8-4-5-9-15(14)20)10-11-19-16(21)12-6-2-3-7-13(12)17(19)22/h2-3,6-7,14-15,20H,4-5,8-11H2,1H3. The fraction of sp³-hybridized carbons (Fsp3) is 0.529. The molecule has 2 aliphatic rings. The van der Waals surface area contributed by atoms with Gasteiger partial charge in [-0.3, -0.25) is 19.4 Å². The van der Waals surface area contributed by atoms with Gasteiger partial charge in [-0.05, 0) is 32.0 Å². The molecule has 0 radical (unpaired) electrons. The second-order valence-electron chi connectivity index (χ2n) is 6.21. The van der Waals surface area contributed by atoms with Gasteiger partial charge in [-0.1, -0.05) is 25.0 Å². The minimum absolute atomic E-state index is 0.129. The Kier molecular flexibility index (Phi) is 4.27. The lowest BCUT2D eigenvalue weighted by atomic mass is 9.91.